The SMILES string of the molecule is CCCNCc1ccc(CN2c3ccccc3CC2C)o1. The molecule has 0 saturated carbocycles. The highest BCUT2D eigenvalue weighted by Gasteiger charge is 2.26. The summed E-state index contributed by atoms with van der Waals surface area (Å²) in [5, 5.41) is 3.38. The maximum atomic E-state index is 5.95. The summed E-state index contributed by atoms with van der Waals surface area (Å²) in [6.07, 6.45) is 2.28. The van der Waals surface area contributed by atoms with E-state index >= 15 is 0 Å². The van der Waals surface area contributed by atoms with Crippen LogP contribution in [0.2, 0.25) is 0 Å². The third kappa shape index (κ3) is 3.13. The van der Waals surface area contributed by atoms with Gasteiger partial charge < -0.3 is 14.6 Å². The topological polar surface area (TPSA) is 28.4 Å². The van der Waals surface area contributed by atoms with Crippen LogP contribution >= 0.6 is 0 Å². The maximum absolute atomic E-state index is 5.95. The lowest BCUT2D eigenvalue weighted by Gasteiger charge is -2.23. The van der Waals surface area contributed by atoms with Gasteiger partial charge >= 0.3 is 0 Å². The summed E-state index contributed by atoms with van der Waals surface area (Å²) in [6.45, 7) is 7.16. The molecule has 3 heteroatoms. The highest BCUT2D eigenvalue weighted by atomic mass is 16.3. The van der Waals surface area contributed by atoms with Crippen molar-refractivity contribution in [3.8, 4) is 0 Å². The number of para-hydroxylation sites is 1. The van der Waals surface area contributed by atoms with Crippen molar-refractivity contribution in [1.82, 2.24) is 5.32 Å². The van der Waals surface area contributed by atoms with E-state index in [0.29, 0.717) is 6.04 Å². The van der Waals surface area contributed by atoms with Gasteiger partial charge in [0.15, 0.2) is 0 Å². The van der Waals surface area contributed by atoms with E-state index in [1.54, 1.807) is 0 Å². The Bertz CT molecular complexity index is 590. The third-order valence-corrected chi connectivity index (χ3v) is 4.12. The van der Waals surface area contributed by atoms with E-state index in [2.05, 4.69) is 60.5 Å². The summed E-state index contributed by atoms with van der Waals surface area (Å²) < 4.78 is 5.95. The van der Waals surface area contributed by atoms with E-state index in [-0.39, 0.29) is 0 Å². The molecule has 1 aliphatic rings. The van der Waals surface area contributed by atoms with Crippen molar-refractivity contribution in [3.63, 3.8) is 0 Å². The Kier molecular flexibility index (Phi) is 4.30. The molecule has 0 radical (unpaired) electrons. The van der Waals surface area contributed by atoms with E-state index in [1.165, 1.54) is 11.3 Å². The molecule has 3 nitrogen and oxygen atoms in total. The van der Waals surface area contributed by atoms with Crippen LogP contribution in [0.5, 0.6) is 0 Å². The van der Waals surface area contributed by atoms with Crippen LogP contribution in [0.4, 0.5) is 5.69 Å². The van der Waals surface area contributed by atoms with Crippen molar-refractivity contribution in [3.05, 3.63) is 53.5 Å². The van der Waals surface area contributed by atoms with E-state index in [1.807, 2.05) is 0 Å². The Morgan fingerprint density at radius 3 is 2.86 bits per heavy atom. The molecule has 112 valence electrons. The molecule has 0 fully saturated rings. The molecule has 2 heterocycles. The zero-order valence-electron chi connectivity index (χ0n) is 12.9. The number of rotatable bonds is 6. The van der Waals surface area contributed by atoms with Crippen molar-refractivity contribution in [2.45, 2.75) is 45.8 Å². The van der Waals surface area contributed by atoms with Gasteiger partial charge in [-0.25, -0.2) is 0 Å². The molecule has 1 unspecified atom stereocenters. The number of anilines is 1. The zero-order valence-corrected chi connectivity index (χ0v) is 12.9. The number of nitrogens with zero attached hydrogens (tertiary/aromatic N) is 1. The minimum absolute atomic E-state index is 0.536. The first-order chi connectivity index (χ1) is 10.3. The number of hydrogen-bond donors (Lipinski definition) is 1. The number of benzene rings is 1. The Morgan fingerprint density at radius 2 is 2.00 bits per heavy atom. The highest BCUT2D eigenvalue weighted by Crippen LogP contribution is 2.33. The van der Waals surface area contributed by atoms with Crippen LogP contribution in [0.15, 0.2) is 40.8 Å². The summed E-state index contributed by atoms with van der Waals surface area (Å²) >= 11 is 0. The molecule has 3 rings (SSSR count). The van der Waals surface area contributed by atoms with E-state index < -0.39 is 0 Å². The number of fused-ring (bicyclic) bond motifs is 1. The summed E-state index contributed by atoms with van der Waals surface area (Å²) in [5.41, 5.74) is 2.80. The largest absolute Gasteiger partial charge is 0.463 e. The molecule has 2 aromatic rings. The fourth-order valence-corrected chi connectivity index (χ4v) is 3.03. The second-order valence-electron chi connectivity index (χ2n) is 5.85. The Balaban J connectivity index is 1.67. The average molecular weight is 284 g/mol. The van der Waals surface area contributed by atoms with Gasteiger partial charge in [-0.05, 0) is 50.1 Å². The van der Waals surface area contributed by atoms with Crippen molar-refractivity contribution >= 4 is 5.69 Å². The molecule has 0 aliphatic carbocycles. The first kappa shape index (κ1) is 14.2. The first-order valence-corrected chi connectivity index (χ1v) is 7.90. The van der Waals surface area contributed by atoms with Gasteiger partial charge in [-0.3, -0.25) is 0 Å². The molecule has 1 atom stereocenters. The lowest BCUT2D eigenvalue weighted by molar-refractivity contribution is 0.439. The third-order valence-electron chi connectivity index (χ3n) is 4.12. The Labute approximate surface area is 127 Å². The number of furan rings is 1. The van der Waals surface area contributed by atoms with Gasteiger partial charge in [0.25, 0.3) is 0 Å². The maximum Gasteiger partial charge on any atom is 0.123 e. The second-order valence-corrected chi connectivity index (χ2v) is 5.85. The number of hydrogen-bond acceptors (Lipinski definition) is 3. The molecule has 21 heavy (non-hydrogen) atoms. The van der Waals surface area contributed by atoms with Crippen molar-refractivity contribution < 1.29 is 4.42 Å². The molecular weight excluding hydrogens is 260 g/mol. The summed E-state index contributed by atoms with van der Waals surface area (Å²) in [4.78, 5) is 2.44. The highest BCUT2D eigenvalue weighted by molar-refractivity contribution is 5.59. The predicted octanol–water partition coefficient (Wildman–Crippen LogP) is 3.73. The van der Waals surface area contributed by atoms with E-state index in [9.17, 15) is 0 Å². The minimum atomic E-state index is 0.536. The van der Waals surface area contributed by atoms with E-state index in [0.717, 1.165) is 44.0 Å². The normalized spacial score (nSPS) is 17.2. The van der Waals surface area contributed by atoms with Crippen LogP contribution in [0.25, 0.3) is 0 Å². The standard InChI is InChI=1S/C18H24N2O/c1-3-10-19-12-16-8-9-17(21-16)13-20-14(2)11-15-6-4-5-7-18(15)20/h4-9,14,19H,3,10-13H2,1-2H3. The summed E-state index contributed by atoms with van der Waals surface area (Å²) in [7, 11) is 0. The quantitative estimate of drug-likeness (QED) is 0.819. The van der Waals surface area contributed by atoms with Gasteiger partial charge in [0, 0.05) is 11.7 Å². The van der Waals surface area contributed by atoms with Crippen LogP contribution in [0.3, 0.4) is 0 Å². The van der Waals surface area contributed by atoms with Crippen molar-refractivity contribution in [2.75, 3.05) is 11.4 Å². The van der Waals surface area contributed by atoms with E-state index in [4.69, 9.17) is 4.42 Å². The zero-order chi connectivity index (χ0) is 14.7. The fourth-order valence-electron chi connectivity index (χ4n) is 3.03. The molecule has 0 amide bonds. The molecule has 1 aliphatic heterocycles. The van der Waals surface area contributed by atoms with Gasteiger partial charge in [0.05, 0.1) is 13.1 Å². The van der Waals surface area contributed by atoms with Gasteiger partial charge in [-0.15, -0.1) is 0 Å². The smallest absolute Gasteiger partial charge is 0.123 e. The fraction of sp³-hybridized carbons (Fsp3) is 0.444. The van der Waals surface area contributed by atoms with Crippen LogP contribution in [-0.2, 0) is 19.5 Å². The lowest BCUT2D eigenvalue weighted by Crippen LogP contribution is -2.28. The monoisotopic (exact) mass is 284 g/mol. The molecule has 1 N–H and O–H groups in total. The molecule has 0 bridgehead atoms. The van der Waals surface area contributed by atoms with Gasteiger partial charge in [-0.2, -0.15) is 0 Å². The second kappa shape index (κ2) is 6.35. The average Bonchev–Trinajstić information content (AvgIpc) is 3.05. The Morgan fingerprint density at radius 1 is 1.19 bits per heavy atom. The van der Waals surface area contributed by atoms with Crippen molar-refractivity contribution in [1.29, 1.82) is 0 Å². The lowest BCUT2D eigenvalue weighted by atomic mass is 10.1. The predicted molar refractivity (Wildman–Crippen MR) is 86.5 cm³/mol. The summed E-state index contributed by atoms with van der Waals surface area (Å²) in [6, 6.07) is 13.4. The molecule has 1 aromatic heterocycles. The Hall–Kier alpha value is -1.74. The first-order valence-electron chi connectivity index (χ1n) is 7.90. The molecular formula is C18H24N2O. The van der Waals surface area contributed by atoms with Crippen LogP contribution in [0.1, 0.15) is 37.4 Å². The van der Waals surface area contributed by atoms with Crippen LogP contribution in [0, 0.1) is 0 Å². The van der Waals surface area contributed by atoms with Crippen LogP contribution < -0.4 is 10.2 Å². The summed E-state index contributed by atoms with van der Waals surface area (Å²) in [5.74, 6) is 2.07. The molecule has 0 spiro atoms. The molecule has 1 aromatic carbocycles. The van der Waals surface area contributed by atoms with Gasteiger partial charge in [0.1, 0.15) is 11.5 Å². The van der Waals surface area contributed by atoms with Gasteiger partial charge in [-0.1, -0.05) is 25.1 Å². The van der Waals surface area contributed by atoms with Gasteiger partial charge in [0.2, 0.25) is 0 Å². The van der Waals surface area contributed by atoms with Crippen molar-refractivity contribution in [2.24, 2.45) is 0 Å². The number of nitrogens with one attached hydrogen (secondary N) is 1. The van der Waals surface area contributed by atoms with Crippen LogP contribution in [-0.4, -0.2) is 12.6 Å². The molecule has 0 saturated heterocycles. The minimum Gasteiger partial charge on any atom is -0.463 e.